The molecule has 110 valence electrons. The highest BCUT2D eigenvalue weighted by molar-refractivity contribution is 6.29. The van der Waals surface area contributed by atoms with Crippen LogP contribution in [0.4, 0.5) is 4.39 Å². The van der Waals surface area contributed by atoms with Gasteiger partial charge < -0.3 is 4.74 Å². The molecular formula is C16H16ClFN2O. The first-order valence-electron chi connectivity index (χ1n) is 6.90. The molecule has 0 bridgehead atoms. The highest BCUT2D eigenvalue weighted by Gasteiger charge is 2.22. The molecule has 1 aromatic heterocycles. The quantitative estimate of drug-likeness (QED) is 0.812. The zero-order valence-corrected chi connectivity index (χ0v) is 12.3. The highest BCUT2D eigenvalue weighted by Crippen LogP contribution is 2.23. The third-order valence-corrected chi connectivity index (χ3v) is 3.81. The van der Waals surface area contributed by atoms with Gasteiger partial charge in [0.2, 0.25) is 0 Å². The van der Waals surface area contributed by atoms with Gasteiger partial charge in [0.05, 0.1) is 12.7 Å². The first-order valence-corrected chi connectivity index (χ1v) is 7.28. The Morgan fingerprint density at radius 1 is 1.24 bits per heavy atom. The van der Waals surface area contributed by atoms with Gasteiger partial charge in [-0.15, -0.1) is 0 Å². The van der Waals surface area contributed by atoms with Crippen LogP contribution in [0.5, 0.6) is 0 Å². The van der Waals surface area contributed by atoms with Gasteiger partial charge in [-0.2, -0.15) is 0 Å². The Balaban J connectivity index is 1.65. The number of hydrogen-bond acceptors (Lipinski definition) is 3. The van der Waals surface area contributed by atoms with E-state index < -0.39 is 0 Å². The van der Waals surface area contributed by atoms with Crippen LogP contribution in [0.2, 0.25) is 5.15 Å². The molecule has 0 radical (unpaired) electrons. The van der Waals surface area contributed by atoms with E-state index in [0.717, 1.165) is 30.8 Å². The lowest BCUT2D eigenvalue weighted by Gasteiger charge is -2.33. The number of morpholine rings is 1. The Kier molecular flexibility index (Phi) is 4.48. The Morgan fingerprint density at radius 2 is 2.05 bits per heavy atom. The molecule has 2 aromatic rings. The van der Waals surface area contributed by atoms with Crippen LogP contribution in [0.15, 0.2) is 42.6 Å². The third kappa shape index (κ3) is 3.79. The molecule has 21 heavy (non-hydrogen) atoms. The summed E-state index contributed by atoms with van der Waals surface area (Å²) in [5.74, 6) is -0.223. The van der Waals surface area contributed by atoms with Gasteiger partial charge in [0.1, 0.15) is 11.0 Å². The summed E-state index contributed by atoms with van der Waals surface area (Å²) in [6, 6.07) is 10.3. The molecule has 5 heteroatoms. The fraction of sp³-hybridized carbons (Fsp3) is 0.312. The van der Waals surface area contributed by atoms with Gasteiger partial charge in [0.15, 0.2) is 0 Å². The maximum Gasteiger partial charge on any atom is 0.129 e. The lowest BCUT2D eigenvalue weighted by Crippen LogP contribution is -2.37. The zero-order chi connectivity index (χ0) is 14.7. The lowest BCUT2D eigenvalue weighted by atomic mass is 10.1. The van der Waals surface area contributed by atoms with Gasteiger partial charge in [-0.25, -0.2) is 9.37 Å². The fourth-order valence-corrected chi connectivity index (χ4v) is 2.60. The molecule has 1 unspecified atom stereocenters. The molecule has 0 amide bonds. The number of benzene rings is 1. The van der Waals surface area contributed by atoms with E-state index in [1.54, 1.807) is 24.4 Å². The van der Waals surface area contributed by atoms with Crippen molar-refractivity contribution >= 4 is 11.6 Å². The van der Waals surface area contributed by atoms with Crippen LogP contribution in [-0.4, -0.2) is 29.6 Å². The molecule has 3 rings (SSSR count). The standard InChI is InChI=1S/C16H16ClFN2O/c17-16-6-1-12(9-19-16)10-20-7-8-21-15(11-20)13-2-4-14(18)5-3-13/h1-6,9,15H,7-8,10-11H2. The number of ether oxygens (including phenoxy) is 1. The molecule has 1 aliphatic heterocycles. The minimum absolute atomic E-state index is 0.0143. The van der Waals surface area contributed by atoms with Crippen LogP contribution in [0.3, 0.4) is 0 Å². The van der Waals surface area contributed by atoms with E-state index in [-0.39, 0.29) is 11.9 Å². The molecule has 0 saturated carbocycles. The van der Waals surface area contributed by atoms with Crippen LogP contribution in [-0.2, 0) is 11.3 Å². The van der Waals surface area contributed by atoms with Crippen LogP contribution < -0.4 is 0 Å². The summed E-state index contributed by atoms with van der Waals surface area (Å²) in [4.78, 5) is 6.41. The van der Waals surface area contributed by atoms with Crippen molar-refractivity contribution in [3.05, 3.63) is 64.7 Å². The van der Waals surface area contributed by atoms with Crippen LogP contribution in [0.25, 0.3) is 0 Å². The van der Waals surface area contributed by atoms with Gasteiger partial charge in [0.25, 0.3) is 0 Å². The zero-order valence-electron chi connectivity index (χ0n) is 11.5. The van der Waals surface area contributed by atoms with Gasteiger partial charge >= 0.3 is 0 Å². The van der Waals surface area contributed by atoms with E-state index in [1.165, 1.54) is 12.1 Å². The summed E-state index contributed by atoms with van der Waals surface area (Å²) in [7, 11) is 0. The van der Waals surface area contributed by atoms with Gasteiger partial charge in [-0.1, -0.05) is 29.8 Å². The van der Waals surface area contributed by atoms with Crippen molar-refractivity contribution in [1.29, 1.82) is 0 Å². The predicted molar refractivity (Wildman–Crippen MR) is 79.6 cm³/mol. The van der Waals surface area contributed by atoms with E-state index in [2.05, 4.69) is 9.88 Å². The van der Waals surface area contributed by atoms with Gasteiger partial charge in [0, 0.05) is 25.8 Å². The second kappa shape index (κ2) is 6.52. The average molecular weight is 307 g/mol. The number of halogens is 2. The Morgan fingerprint density at radius 3 is 2.76 bits per heavy atom. The minimum atomic E-state index is -0.223. The monoisotopic (exact) mass is 306 g/mol. The van der Waals surface area contributed by atoms with E-state index in [9.17, 15) is 4.39 Å². The molecule has 1 aliphatic rings. The maximum atomic E-state index is 13.0. The first-order chi connectivity index (χ1) is 10.2. The molecule has 3 nitrogen and oxygen atoms in total. The van der Waals surface area contributed by atoms with Gasteiger partial charge in [-0.05, 0) is 29.3 Å². The normalized spacial score (nSPS) is 19.6. The summed E-state index contributed by atoms with van der Waals surface area (Å²) in [5.41, 5.74) is 2.13. The second-order valence-electron chi connectivity index (χ2n) is 5.14. The minimum Gasteiger partial charge on any atom is -0.371 e. The molecule has 0 N–H and O–H groups in total. The first kappa shape index (κ1) is 14.4. The SMILES string of the molecule is Fc1ccc(C2CN(Cc3ccc(Cl)nc3)CCO2)cc1. The van der Waals surface area contributed by atoms with Crippen molar-refractivity contribution in [2.24, 2.45) is 0 Å². The average Bonchev–Trinajstić information content (AvgIpc) is 2.51. The maximum absolute atomic E-state index is 13.0. The number of rotatable bonds is 3. The summed E-state index contributed by atoms with van der Waals surface area (Å²) in [6.45, 7) is 3.14. The smallest absolute Gasteiger partial charge is 0.129 e. The van der Waals surface area contributed by atoms with Crippen molar-refractivity contribution in [2.45, 2.75) is 12.6 Å². The molecule has 1 aromatic carbocycles. The molecule has 0 aliphatic carbocycles. The Labute approximate surface area is 128 Å². The second-order valence-corrected chi connectivity index (χ2v) is 5.52. The number of nitrogens with zero attached hydrogens (tertiary/aromatic N) is 2. The molecule has 1 atom stereocenters. The molecule has 0 spiro atoms. The molecule has 2 heterocycles. The van der Waals surface area contributed by atoms with Crippen LogP contribution in [0, 0.1) is 5.82 Å². The number of hydrogen-bond donors (Lipinski definition) is 0. The van der Waals surface area contributed by atoms with E-state index in [4.69, 9.17) is 16.3 Å². The largest absolute Gasteiger partial charge is 0.371 e. The van der Waals surface area contributed by atoms with E-state index in [1.807, 2.05) is 6.07 Å². The summed E-state index contributed by atoms with van der Waals surface area (Å²) in [6.07, 6.45) is 1.78. The van der Waals surface area contributed by atoms with Crippen molar-refractivity contribution in [3.63, 3.8) is 0 Å². The van der Waals surface area contributed by atoms with Crippen LogP contribution in [0.1, 0.15) is 17.2 Å². The highest BCUT2D eigenvalue weighted by atomic mass is 35.5. The fourth-order valence-electron chi connectivity index (χ4n) is 2.48. The van der Waals surface area contributed by atoms with Crippen molar-refractivity contribution in [3.8, 4) is 0 Å². The molecule has 1 fully saturated rings. The summed E-state index contributed by atoms with van der Waals surface area (Å²) < 4.78 is 18.8. The number of pyridine rings is 1. The van der Waals surface area contributed by atoms with Crippen molar-refractivity contribution < 1.29 is 9.13 Å². The number of aromatic nitrogens is 1. The predicted octanol–water partition coefficient (Wildman–Crippen LogP) is 3.45. The Bertz CT molecular complexity index is 588. The molecular weight excluding hydrogens is 291 g/mol. The molecule has 1 saturated heterocycles. The van der Waals surface area contributed by atoms with Gasteiger partial charge in [-0.3, -0.25) is 4.90 Å². The van der Waals surface area contributed by atoms with E-state index in [0.29, 0.717) is 11.8 Å². The van der Waals surface area contributed by atoms with E-state index >= 15 is 0 Å². The Hall–Kier alpha value is -1.49. The van der Waals surface area contributed by atoms with Crippen LogP contribution >= 0.6 is 11.6 Å². The lowest BCUT2D eigenvalue weighted by molar-refractivity contribution is -0.0329. The van der Waals surface area contributed by atoms with Crippen molar-refractivity contribution in [1.82, 2.24) is 9.88 Å². The summed E-state index contributed by atoms with van der Waals surface area (Å²) in [5, 5.41) is 0.505. The van der Waals surface area contributed by atoms with Crippen molar-refractivity contribution in [2.75, 3.05) is 19.7 Å². The third-order valence-electron chi connectivity index (χ3n) is 3.59. The summed E-state index contributed by atoms with van der Waals surface area (Å²) >= 11 is 5.80. The topological polar surface area (TPSA) is 25.4 Å².